The fourth-order valence-electron chi connectivity index (χ4n) is 3.49. The number of anilines is 1. The van der Waals surface area contributed by atoms with Crippen LogP contribution in [0.2, 0.25) is 0 Å². The Morgan fingerprint density at radius 3 is 2.78 bits per heavy atom. The van der Waals surface area contributed by atoms with Crippen LogP contribution in [0.25, 0.3) is 0 Å². The molecule has 1 saturated heterocycles. The van der Waals surface area contributed by atoms with Gasteiger partial charge in [0.05, 0.1) is 16.7 Å². The highest BCUT2D eigenvalue weighted by atomic mass is 32.1. The Hall–Kier alpha value is -2.22. The van der Waals surface area contributed by atoms with Crippen LogP contribution in [0.15, 0.2) is 16.9 Å². The SMILES string of the molecule is Cc1nc(C)c(C(=O)NCC2CCCCN2c2ccc(=O)n(C(C)C)n2)s1. The van der Waals surface area contributed by atoms with Crippen LogP contribution in [-0.2, 0) is 0 Å². The highest BCUT2D eigenvalue weighted by Crippen LogP contribution is 2.23. The van der Waals surface area contributed by atoms with E-state index in [2.05, 4.69) is 20.3 Å². The second-order valence-corrected chi connectivity index (χ2v) is 8.47. The molecule has 0 spiro atoms. The molecular weight excluding hydrogens is 362 g/mol. The molecule has 3 heterocycles. The molecule has 1 N–H and O–H groups in total. The summed E-state index contributed by atoms with van der Waals surface area (Å²) < 4.78 is 1.52. The molecule has 2 aromatic rings. The predicted octanol–water partition coefficient (Wildman–Crippen LogP) is 2.69. The van der Waals surface area contributed by atoms with Gasteiger partial charge in [0, 0.05) is 25.2 Å². The van der Waals surface area contributed by atoms with E-state index in [0.717, 1.165) is 42.3 Å². The minimum atomic E-state index is -0.0911. The lowest BCUT2D eigenvalue weighted by Crippen LogP contribution is -2.47. The Kier molecular flexibility index (Phi) is 5.94. The van der Waals surface area contributed by atoms with E-state index < -0.39 is 0 Å². The van der Waals surface area contributed by atoms with Crippen molar-refractivity contribution in [1.82, 2.24) is 20.1 Å². The second kappa shape index (κ2) is 8.21. The molecular formula is C19H27N5O2S. The van der Waals surface area contributed by atoms with Gasteiger partial charge in [-0.3, -0.25) is 9.59 Å². The third kappa shape index (κ3) is 4.37. The maximum Gasteiger partial charge on any atom is 0.267 e. The summed E-state index contributed by atoms with van der Waals surface area (Å²) in [6.45, 7) is 9.11. The average Bonchev–Trinajstić information content (AvgIpc) is 2.98. The number of nitrogens with one attached hydrogen (secondary N) is 1. The number of amides is 1. The first-order chi connectivity index (χ1) is 12.9. The molecule has 1 amide bonds. The van der Waals surface area contributed by atoms with Crippen molar-refractivity contribution in [2.45, 2.75) is 59.0 Å². The minimum Gasteiger partial charge on any atom is -0.350 e. The Labute approximate surface area is 163 Å². The van der Waals surface area contributed by atoms with Crippen molar-refractivity contribution in [1.29, 1.82) is 0 Å². The van der Waals surface area contributed by atoms with E-state index in [1.54, 1.807) is 12.1 Å². The van der Waals surface area contributed by atoms with Gasteiger partial charge in [-0.15, -0.1) is 11.3 Å². The number of carbonyl (C=O) groups is 1. The molecule has 0 radical (unpaired) electrons. The molecule has 1 aliphatic rings. The summed E-state index contributed by atoms with van der Waals surface area (Å²) in [6.07, 6.45) is 3.20. The second-order valence-electron chi connectivity index (χ2n) is 7.27. The summed E-state index contributed by atoms with van der Waals surface area (Å²) in [5.41, 5.74) is 0.688. The van der Waals surface area contributed by atoms with Crippen LogP contribution in [-0.4, -0.2) is 39.8 Å². The van der Waals surface area contributed by atoms with Crippen LogP contribution in [0, 0.1) is 13.8 Å². The summed E-state index contributed by atoms with van der Waals surface area (Å²) in [5.74, 6) is 0.732. The number of piperidine rings is 1. The minimum absolute atomic E-state index is 0.0120. The van der Waals surface area contributed by atoms with Crippen molar-refractivity contribution < 1.29 is 4.79 Å². The van der Waals surface area contributed by atoms with Gasteiger partial charge in [0.2, 0.25) is 0 Å². The highest BCUT2D eigenvalue weighted by Gasteiger charge is 2.25. The average molecular weight is 390 g/mol. The van der Waals surface area contributed by atoms with E-state index in [1.165, 1.54) is 16.0 Å². The molecule has 1 unspecified atom stereocenters. The van der Waals surface area contributed by atoms with Gasteiger partial charge in [0.15, 0.2) is 0 Å². The van der Waals surface area contributed by atoms with Gasteiger partial charge in [0.1, 0.15) is 10.7 Å². The zero-order valence-electron chi connectivity index (χ0n) is 16.4. The smallest absolute Gasteiger partial charge is 0.267 e. The van der Waals surface area contributed by atoms with Crippen molar-refractivity contribution in [2.75, 3.05) is 18.0 Å². The molecule has 2 aromatic heterocycles. The fourth-order valence-corrected chi connectivity index (χ4v) is 4.32. The van der Waals surface area contributed by atoms with Crippen LogP contribution >= 0.6 is 11.3 Å². The Bertz CT molecular complexity index is 873. The number of rotatable bonds is 5. The first-order valence-corrected chi connectivity index (χ1v) is 10.3. The van der Waals surface area contributed by atoms with Crippen LogP contribution in [0.1, 0.15) is 59.5 Å². The van der Waals surface area contributed by atoms with Crippen molar-refractivity contribution in [3.8, 4) is 0 Å². The summed E-state index contributed by atoms with van der Waals surface area (Å²) in [7, 11) is 0. The van der Waals surface area contributed by atoms with Crippen molar-refractivity contribution >= 4 is 23.1 Å². The molecule has 146 valence electrons. The molecule has 1 fully saturated rings. The lowest BCUT2D eigenvalue weighted by Gasteiger charge is -2.36. The van der Waals surface area contributed by atoms with Crippen LogP contribution in [0.5, 0.6) is 0 Å². The molecule has 27 heavy (non-hydrogen) atoms. The van der Waals surface area contributed by atoms with Crippen molar-refractivity contribution in [3.63, 3.8) is 0 Å². The van der Waals surface area contributed by atoms with Gasteiger partial charge in [-0.25, -0.2) is 9.67 Å². The van der Waals surface area contributed by atoms with Gasteiger partial charge in [-0.2, -0.15) is 5.10 Å². The number of hydrogen-bond donors (Lipinski definition) is 1. The standard InChI is InChI=1S/C19H27N5O2S/c1-12(2)24-17(25)9-8-16(22-24)23-10-6-5-7-15(23)11-20-19(26)18-13(3)21-14(4)27-18/h8-9,12,15H,5-7,10-11H2,1-4H3,(H,20,26). The van der Waals surface area contributed by atoms with E-state index in [0.29, 0.717) is 11.4 Å². The molecule has 1 aliphatic heterocycles. The summed E-state index contributed by atoms with van der Waals surface area (Å²) in [4.78, 5) is 31.8. The number of aromatic nitrogens is 3. The maximum atomic E-state index is 12.5. The fraction of sp³-hybridized carbons (Fsp3) is 0.579. The first kappa shape index (κ1) is 19.5. The van der Waals surface area contributed by atoms with E-state index in [-0.39, 0.29) is 23.6 Å². The third-order valence-electron chi connectivity index (χ3n) is 4.83. The molecule has 1 atom stereocenters. The number of aryl methyl sites for hydroxylation is 2. The molecule has 3 rings (SSSR count). The predicted molar refractivity (Wildman–Crippen MR) is 108 cm³/mol. The van der Waals surface area contributed by atoms with Gasteiger partial charge >= 0.3 is 0 Å². The zero-order valence-corrected chi connectivity index (χ0v) is 17.2. The number of nitrogens with zero attached hydrogens (tertiary/aromatic N) is 4. The number of hydrogen-bond acceptors (Lipinski definition) is 6. The molecule has 0 bridgehead atoms. The largest absolute Gasteiger partial charge is 0.350 e. The quantitative estimate of drug-likeness (QED) is 0.850. The Morgan fingerprint density at radius 1 is 1.33 bits per heavy atom. The monoisotopic (exact) mass is 389 g/mol. The maximum absolute atomic E-state index is 12.5. The van der Waals surface area contributed by atoms with E-state index in [9.17, 15) is 9.59 Å². The number of carbonyl (C=O) groups excluding carboxylic acids is 1. The Balaban J connectivity index is 1.74. The third-order valence-corrected chi connectivity index (χ3v) is 5.90. The normalized spacial score (nSPS) is 17.4. The van der Waals surface area contributed by atoms with Gasteiger partial charge < -0.3 is 10.2 Å². The first-order valence-electron chi connectivity index (χ1n) is 9.45. The molecule has 7 nitrogen and oxygen atoms in total. The van der Waals surface area contributed by atoms with Crippen molar-refractivity contribution in [3.05, 3.63) is 38.1 Å². The van der Waals surface area contributed by atoms with E-state index in [4.69, 9.17) is 0 Å². The summed E-state index contributed by atoms with van der Waals surface area (Å²) in [5, 5.41) is 8.52. The molecule has 8 heteroatoms. The van der Waals surface area contributed by atoms with E-state index >= 15 is 0 Å². The Morgan fingerprint density at radius 2 is 2.11 bits per heavy atom. The van der Waals surface area contributed by atoms with Gasteiger partial charge in [0.25, 0.3) is 11.5 Å². The van der Waals surface area contributed by atoms with Crippen LogP contribution < -0.4 is 15.8 Å². The summed E-state index contributed by atoms with van der Waals surface area (Å²) >= 11 is 1.43. The molecule has 0 saturated carbocycles. The topological polar surface area (TPSA) is 80.1 Å². The molecule has 0 aliphatic carbocycles. The van der Waals surface area contributed by atoms with Crippen molar-refractivity contribution in [2.24, 2.45) is 0 Å². The van der Waals surface area contributed by atoms with Gasteiger partial charge in [-0.05, 0) is 53.0 Å². The number of thiazole rings is 1. The lowest BCUT2D eigenvalue weighted by molar-refractivity contribution is 0.0953. The van der Waals surface area contributed by atoms with Gasteiger partial charge in [-0.1, -0.05) is 0 Å². The van der Waals surface area contributed by atoms with Crippen LogP contribution in [0.3, 0.4) is 0 Å². The van der Waals surface area contributed by atoms with Crippen LogP contribution in [0.4, 0.5) is 5.82 Å². The lowest BCUT2D eigenvalue weighted by atomic mass is 10.0. The molecule has 0 aromatic carbocycles. The van der Waals surface area contributed by atoms with E-state index in [1.807, 2.05) is 27.7 Å². The zero-order chi connectivity index (χ0) is 19.6. The summed E-state index contributed by atoms with van der Waals surface area (Å²) in [6, 6.07) is 3.55. The highest BCUT2D eigenvalue weighted by molar-refractivity contribution is 7.13.